The molecule has 1 saturated carbocycles. The summed E-state index contributed by atoms with van der Waals surface area (Å²) in [6.45, 7) is 0.119. The van der Waals surface area contributed by atoms with Crippen LogP contribution in [-0.2, 0) is 19.9 Å². The van der Waals surface area contributed by atoms with Crippen LogP contribution in [0.15, 0.2) is 29.2 Å². The Morgan fingerprint density at radius 2 is 1.43 bits per heavy atom. The molecule has 1 saturated heterocycles. The van der Waals surface area contributed by atoms with E-state index >= 15 is 0 Å². The van der Waals surface area contributed by atoms with Crippen molar-refractivity contribution in [1.82, 2.24) is 4.31 Å². The smallest absolute Gasteiger partial charge is 0.228 e. The average Bonchev–Trinajstić information content (AvgIpc) is 2.46. The first kappa shape index (κ1) is 17.2. The SMILES string of the molecule is O=S(=O)(C1CCCCC1)C1CN(S(=O)(=O)c2ccc(Cl)cc2)C1. The fourth-order valence-electron chi connectivity index (χ4n) is 3.23. The quantitative estimate of drug-likeness (QED) is 0.808. The minimum atomic E-state index is -3.63. The number of rotatable bonds is 4. The first-order valence-corrected chi connectivity index (χ1v) is 11.2. The van der Waals surface area contributed by atoms with Crippen molar-refractivity contribution >= 4 is 31.5 Å². The van der Waals surface area contributed by atoms with E-state index in [-0.39, 0.29) is 23.2 Å². The van der Waals surface area contributed by atoms with Gasteiger partial charge in [-0.3, -0.25) is 0 Å². The molecule has 0 N–H and O–H groups in total. The van der Waals surface area contributed by atoms with E-state index in [0.29, 0.717) is 17.9 Å². The molecule has 3 rings (SSSR count). The summed E-state index contributed by atoms with van der Waals surface area (Å²) in [5.41, 5.74) is 0. The van der Waals surface area contributed by atoms with Crippen LogP contribution in [0.2, 0.25) is 5.02 Å². The maximum atomic E-state index is 12.6. The summed E-state index contributed by atoms with van der Waals surface area (Å²) >= 11 is 5.77. The van der Waals surface area contributed by atoms with Crippen molar-refractivity contribution in [2.45, 2.75) is 47.5 Å². The molecule has 128 valence electrons. The Morgan fingerprint density at radius 3 is 2.00 bits per heavy atom. The van der Waals surface area contributed by atoms with E-state index in [1.54, 1.807) is 0 Å². The minimum Gasteiger partial charge on any atom is -0.228 e. The van der Waals surface area contributed by atoms with Crippen molar-refractivity contribution in [3.8, 4) is 0 Å². The van der Waals surface area contributed by atoms with Gasteiger partial charge in [0.15, 0.2) is 9.84 Å². The van der Waals surface area contributed by atoms with Crippen molar-refractivity contribution in [3.63, 3.8) is 0 Å². The Balaban J connectivity index is 1.69. The molecule has 0 aromatic heterocycles. The third-order valence-electron chi connectivity index (χ3n) is 4.75. The van der Waals surface area contributed by atoms with Crippen LogP contribution in [0.1, 0.15) is 32.1 Å². The molecule has 0 spiro atoms. The van der Waals surface area contributed by atoms with Crippen molar-refractivity contribution in [2.24, 2.45) is 0 Å². The maximum absolute atomic E-state index is 12.6. The van der Waals surface area contributed by atoms with E-state index in [0.717, 1.165) is 19.3 Å². The van der Waals surface area contributed by atoms with Gasteiger partial charge in [-0.2, -0.15) is 4.31 Å². The highest BCUT2D eigenvalue weighted by molar-refractivity contribution is 7.93. The normalized spacial score (nSPS) is 22.0. The van der Waals surface area contributed by atoms with E-state index in [1.165, 1.54) is 28.6 Å². The van der Waals surface area contributed by atoms with Crippen LogP contribution in [0.4, 0.5) is 0 Å². The zero-order valence-corrected chi connectivity index (χ0v) is 15.1. The molecule has 1 aromatic rings. The number of hydrogen-bond donors (Lipinski definition) is 0. The lowest BCUT2D eigenvalue weighted by molar-refractivity contribution is 0.306. The van der Waals surface area contributed by atoms with Gasteiger partial charge in [0.1, 0.15) is 0 Å². The monoisotopic (exact) mass is 377 g/mol. The van der Waals surface area contributed by atoms with Gasteiger partial charge in [0, 0.05) is 18.1 Å². The molecule has 0 unspecified atom stereocenters. The number of sulfone groups is 1. The predicted molar refractivity (Wildman–Crippen MR) is 89.8 cm³/mol. The number of hydrogen-bond acceptors (Lipinski definition) is 4. The highest BCUT2D eigenvalue weighted by atomic mass is 35.5. The minimum absolute atomic E-state index is 0.0593. The van der Waals surface area contributed by atoms with Crippen LogP contribution in [0.5, 0.6) is 0 Å². The largest absolute Gasteiger partial charge is 0.243 e. The number of nitrogens with zero attached hydrogens (tertiary/aromatic N) is 1. The molecule has 1 aliphatic heterocycles. The second-order valence-corrected chi connectivity index (χ2v) is 11.1. The molecule has 2 aliphatic rings. The highest BCUT2D eigenvalue weighted by Crippen LogP contribution is 2.32. The predicted octanol–water partition coefficient (Wildman–Crippen LogP) is 2.46. The fourth-order valence-corrected chi connectivity index (χ4v) is 7.38. The van der Waals surface area contributed by atoms with Gasteiger partial charge in [-0.25, -0.2) is 16.8 Å². The van der Waals surface area contributed by atoms with Crippen molar-refractivity contribution in [3.05, 3.63) is 29.3 Å². The lowest BCUT2D eigenvalue weighted by Gasteiger charge is -2.39. The molecule has 23 heavy (non-hydrogen) atoms. The van der Waals surface area contributed by atoms with Gasteiger partial charge in [0.2, 0.25) is 10.0 Å². The number of halogens is 1. The molecule has 5 nitrogen and oxygen atoms in total. The molecule has 0 bridgehead atoms. The Kier molecular flexibility index (Phi) is 4.75. The topological polar surface area (TPSA) is 71.5 Å². The van der Waals surface area contributed by atoms with E-state index < -0.39 is 25.1 Å². The van der Waals surface area contributed by atoms with Crippen molar-refractivity contribution in [1.29, 1.82) is 0 Å². The summed E-state index contributed by atoms with van der Waals surface area (Å²) in [5.74, 6) is 0. The second kappa shape index (κ2) is 6.35. The van der Waals surface area contributed by atoms with Gasteiger partial charge in [-0.05, 0) is 37.1 Å². The molecule has 1 aromatic carbocycles. The molecule has 8 heteroatoms. The third-order valence-corrected chi connectivity index (χ3v) is 9.47. The zero-order valence-electron chi connectivity index (χ0n) is 12.7. The van der Waals surface area contributed by atoms with E-state index in [4.69, 9.17) is 11.6 Å². The summed E-state index contributed by atoms with van der Waals surface area (Å²) in [5, 5.41) is -0.389. The molecule has 0 atom stereocenters. The van der Waals surface area contributed by atoms with E-state index in [1.807, 2.05) is 0 Å². The average molecular weight is 378 g/mol. The van der Waals surface area contributed by atoms with Crippen LogP contribution in [0.25, 0.3) is 0 Å². The van der Waals surface area contributed by atoms with E-state index in [2.05, 4.69) is 0 Å². The van der Waals surface area contributed by atoms with Crippen molar-refractivity contribution in [2.75, 3.05) is 13.1 Å². The highest BCUT2D eigenvalue weighted by Gasteiger charge is 2.46. The van der Waals surface area contributed by atoms with Gasteiger partial charge < -0.3 is 0 Å². The molecule has 1 heterocycles. The van der Waals surface area contributed by atoms with Gasteiger partial charge >= 0.3 is 0 Å². The molecule has 2 fully saturated rings. The third kappa shape index (κ3) is 3.29. The summed E-state index contributed by atoms with van der Waals surface area (Å²) in [4.78, 5) is 0.149. The van der Waals surface area contributed by atoms with Crippen LogP contribution < -0.4 is 0 Å². The summed E-state index contributed by atoms with van der Waals surface area (Å²) in [7, 11) is -6.87. The lowest BCUT2D eigenvalue weighted by Crippen LogP contribution is -2.58. The Hall–Kier alpha value is -0.630. The maximum Gasteiger partial charge on any atom is 0.243 e. The lowest BCUT2D eigenvalue weighted by atomic mass is 10.0. The van der Waals surface area contributed by atoms with Gasteiger partial charge in [0.25, 0.3) is 0 Å². The summed E-state index contributed by atoms with van der Waals surface area (Å²) in [6.07, 6.45) is 4.41. The first-order valence-electron chi connectivity index (χ1n) is 7.80. The molecular weight excluding hydrogens is 358 g/mol. The summed E-state index contributed by atoms with van der Waals surface area (Å²) in [6, 6.07) is 5.93. The zero-order chi connectivity index (χ0) is 16.7. The molecular formula is C15H20ClNO4S2. The first-order chi connectivity index (χ1) is 10.8. The van der Waals surface area contributed by atoms with Crippen LogP contribution in [0, 0.1) is 0 Å². The Labute approximate surface area is 142 Å². The Morgan fingerprint density at radius 1 is 0.870 bits per heavy atom. The number of sulfonamides is 1. The van der Waals surface area contributed by atoms with Gasteiger partial charge in [-0.15, -0.1) is 0 Å². The van der Waals surface area contributed by atoms with Gasteiger partial charge in [-0.1, -0.05) is 30.9 Å². The van der Waals surface area contributed by atoms with Crippen LogP contribution in [-0.4, -0.2) is 44.7 Å². The second-order valence-electron chi connectivity index (χ2n) is 6.25. The molecule has 1 aliphatic carbocycles. The fraction of sp³-hybridized carbons (Fsp3) is 0.600. The standard InChI is InChI=1S/C15H20ClNO4S2/c16-12-6-8-14(9-7-12)23(20,21)17-10-15(11-17)22(18,19)13-4-2-1-3-5-13/h6-9,13,15H,1-5,10-11H2. The molecule has 0 amide bonds. The van der Waals surface area contributed by atoms with Gasteiger partial charge in [0.05, 0.1) is 15.4 Å². The van der Waals surface area contributed by atoms with Crippen LogP contribution in [0.3, 0.4) is 0 Å². The van der Waals surface area contributed by atoms with Crippen LogP contribution >= 0.6 is 11.6 Å². The Bertz CT molecular complexity index is 762. The molecule has 0 radical (unpaired) electrons. The van der Waals surface area contributed by atoms with E-state index in [9.17, 15) is 16.8 Å². The van der Waals surface area contributed by atoms with Crippen molar-refractivity contribution < 1.29 is 16.8 Å². The number of benzene rings is 1. The summed E-state index contributed by atoms with van der Waals surface area (Å²) < 4.78 is 51.3.